The molecule has 0 atom stereocenters. The number of carbonyl (C=O) groups excluding carboxylic acids is 2. The Morgan fingerprint density at radius 2 is 1.90 bits per heavy atom. The first-order chi connectivity index (χ1) is 14.8. The topological polar surface area (TPSA) is 75.9 Å². The van der Waals surface area contributed by atoms with Crippen LogP contribution in [-0.4, -0.2) is 60.1 Å². The minimum atomic E-state index is -0.158. The highest BCUT2D eigenvalue weighted by molar-refractivity contribution is 6.31. The molecule has 0 saturated heterocycles. The fourth-order valence-corrected chi connectivity index (χ4v) is 3.76. The molecule has 0 radical (unpaired) electrons. The summed E-state index contributed by atoms with van der Waals surface area (Å²) in [6, 6.07) is 6.81. The van der Waals surface area contributed by atoms with Crippen LogP contribution in [0.25, 0.3) is 0 Å². The minimum absolute atomic E-state index is 0.121. The Morgan fingerprint density at radius 3 is 2.68 bits per heavy atom. The van der Waals surface area contributed by atoms with E-state index in [1.807, 2.05) is 0 Å². The number of hydrogen-bond acceptors (Lipinski definition) is 5. The van der Waals surface area contributed by atoms with Crippen molar-refractivity contribution in [1.82, 2.24) is 15.0 Å². The van der Waals surface area contributed by atoms with Gasteiger partial charge in [-0.1, -0.05) is 30.6 Å². The van der Waals surface area contributed by atoms with Crippen LogP contribution in [0.5, 0.6) is 5.75 Å². The van der Waals surface area contributed by atoms with E-state index in [1.54, 1.807) is 41.1 Å². The first-order valence-electron chi connectivity index (χ1n) is 10.8. The van der Waals surface area contributed by atoms with E-state index < -0.39 is 0 Å². The number of aromatic nitrogens is 1. The van der Waals surface area contributed by atoms with Gasteiger partial charge in [0.25, 0.3) is 11.8 Å². The van der Waals surface area contributed by atoms with Crippen LogP contribution in [-0.2, 0) is 6.42 Å². The lowest BCUT2D eigenvalue weighted by atomic mass is 10.1. The van der Waals surface area contributed by atoms with Gasteiger partial charge in [0, 0.05) is 37.8 Å². The molecule has 8 heteroatoms. The summed E-state index contributed by atoms with van der Waals surface area (Å²) in [5.41, 5.74) is 1.25. The van der Waals surface area contributed by atoms with E-state index in [2.05, 4.69) is 19.0 Å². The van der Waals surface area contributed by atoms with Crippen LogP contribution < -0.4 is 4.74 Å². The Bertz CT molecular complexity index is 912. The molecule has 1 aromatic heterocycles. The van der Waals surface area contributed by atoms with Gasteiger partial charge in [-0.2, -0.15) is 0 Å². The van der Waals surface area contributed by atoms with Gasteiger partial charge < -0.3 is 19.1 Å². The SMILES string of the molecule is CC(C)Cc1cc(C(=O)N2CCCCN(C)C(=O)c3cc(Cl)ccc3OCCC2)on1. The summed E-state index contributed by atoms with van der Waals surface area (Å²) in [7, 11) is 1.76. The zero-order valence-corrected chi connectivity index (χ0v) is 19.2. The summed E-state index contributed by atoms with van der Waals surface area (Å²) in [6.07, 6.45) is 2.95. The molecule has 0 N–H and O–H groups in total. The summed E-state index contributed by atoms with van der Waals surface area (Å²) in [5.74, 6) is 0.936. The number of fused-ring (bicyclic) bond motifs is 1. The van der Waals surface area contributed by atoms with E-state index in [0.717, 1.165) is 25.0 Å². The first kappa shape index (κ1) is 23.1. The van der Waals surface area contributed by atoms with Gasteiger partial charge in [-0.05, 0) is 49.8 Å². The molecule has 0 unspecified atom stereocenters. The first-order valence-corrected chi connectivity index (χ1v) is 11.2. The van der Waals surface area contributed by atoms with E-state index in [9.17, 15) is 9.59 Å². The van der Waals surface area contributed by atoms with Crippen LogP contribution in [0.4, 0.5) is 0 Å². The van der Waals surface area contributed by atoms with Gasteiger partial charge in [-0.25, -0.2) is 0 Å². The fourth-order valence-electron chi connectivity index (χ4n) is 3.59. The van der Waals surface area contributed by atoms with Crippen LogP contribution in [0.15, 0.2) is 28.8 Å². The van der Waals surface area contributed by atoms with Crippen molar-refractivity contribution in [3.8, 4) is 5.75 Å². The van der Waals surface area contributed by atoms with Gasteiger partial charge in [0.15, 0.2) is 0 Å². The predicted octanol–water partition coefficient (Wildman–Crippen LogP) is 4.30. The number of halogens is 1. The molecule has 168 valence electrons. The number of carbonyl (C=O) groups is 2. The summed E-state index contributed by atoms with van der Waals surface area (Å²) in [5, 5.41) is 4.53. The van der Waals surface area contributed by atoms with Crippen LogP contribution in [0.1, 0.15) is 59.7 Å². The molecule has 2 amide bonds. The second-order valence-corrected chi connectivity index (χ2v) is 8.79. The average Bonchev–Trinajstić information content (AvgIpc) is 3.19. The molecule has 31 heavy (non-hydrogen) atoms. The molecular weight excluding hydrogens is 418 g/mol. The lowest BCUT2D eigenvalue weighted by Crippen LogP contribution is -2.34. The molecule has 2 heterocycles. The largest absolute Gasteiger partial charge is 0.493 e. The third kappa shape index (κ3) is 6.23. The summed E-state index contributed by atoms with van der Waals surface area (Å²) in [6.45, 7) is 6.27. The van der Waals surface area contributed by atoms with Crippen molar-refractivity contribution in [2.45, 2.75) is 39.5 Å². The molecule has 3 rings (SSSR count). The second kappa shape index (κ2) is 10.7. The van der Waals surface area contributed by atoms with E-state index in [-0.39, 0.29) is 17.6 Å². The van der Waals surface area contributed by atoms with E-state index in [0.29, 0.717) is 54.9 Å². The van der Waals surface area contributed by atoms with E-state index >= 15 is 0 Å². The molecule has 0 aliphatic carbocycles. The molecule has 7 nitrogen and oxygen atoms in total. The number of rotatable bonds is 3. The molecule has 0 spiro atoms. The van der Waals surface area contributed by atoms with Gasteiger partial charge in [0.05, 0.1) is 17.9 Å². The molecule has 0 saturated carbocycles. The lowest BCUT2D eigenvalue weighted by molar-refractivity contribution is 0.0697. The molecule has 1 aliphatic heterocycles. The van der Waals surface area contributed by atoms with E-state index in [1.165, 1.54) is 0 Å². The molecule has 2 aromatic rings. The van der Waals surface area contributed by atoms with Crippen molar-refractivity contribution in [1.29, 1.82) is 0 Å². The number of hydrogen-bond donors (Lipinski definition) is 0. The molecule has 1 aromatic carbocycles. The molecule has 0 bridgehead atoms. The highest BCUT2D eigenvalue weighted by atomic mass is 35.5. The smallest absolute Gasteiger partial charge is 0.292 e. The minimum Gasteiger partial charge on any atom is -0.493 e. The Morgan fingerprint density at radius 1 is 1.16 bits per heavy atom. The van der Waals surface area contributed by atoms with Crippen molar-refractivity contribution in [3.05, 3.63) is 46.3 Å². The van der Waals surface area contributed by atoms with Crippen molar-refractivity contribution >= 4 is 23.4 Å². The Kier molecular flexibility index (Phi) is 7.96. The maximum absolute atomic E-state index is 13.0. The number of ether oxygens (including phenoxy) is 1. The molecule has 1 aliphatic rings. The Hall–Kier alpha value is -2.54. The van der Waals surface area contributed by atoms with Crippen LogP contribution in [0, 0.1) is 5.92 Å². The third-order valence-corrected chi connectivity index (χ3v) is 5.43. The Balaban J connectivity index is 1.72. The van der Waals surface area contributed by atoms with Crippen molar-refractivity contribution < 1.29 is 18.8 Å². The zero-order valence-electron chi connectivity index (χ0n) is 18.4. The second-order valence-electron chi connectivity index (χ2n) is 8.35. The van der Waals surface area contributed by atoms with Gasteiger partial charge in [0.2, 0.25) is 5.76 Å². The van der Waals surface area contributed by atoms with Gasteiger partial charge in [-0.3, -0.25) is 9.59 Å². The highest BCUT2D eigenvalue weighted by Gasteiger charge is 2.22. The van der Waals surface area contributed by atoms with Gasteiger partial charge >= 0.3 is 0 Å². The summed E-state index contributed by atoms with van der Waals surface area (Å²) in [4.78, 5) is 29.3. The zero-order chi connectivity index (χ0) is 22.4. The highest BCUT2D eigenvalue weighted by Crippen LogP contribution is 2.25. The lowest BCUT2D eigenvalue weighted by Gasteiger charge is -2.22. The normalized spacial score (nSPS) is 16.2. The van der Waals surface area contributed by atoms with Crippen LogP contribution in [0.3, 0.4) is 0 Å². The number of nitrogens with zero attached hydrogens (tertiary/aromatic N) is 3. The number of benzene rings is 1. The van der Waals surface area contributed by atoms with Crippen LogP contribution in [0.2, 0.25) is 5.02 Å². The fraction of sp³-hybridized carbons (Fsp3) is 0.522. The van der Waals surface area contributed by atoms with Crippen LogP contribution >= 0.6 is 11.6 Å². The van der Waals surface area contributed by atoms with Crippen molar-refractivity contribution in [3.63, 3.8) is 0 Å². The number of amides is 2. The van der Waals surface area contributed by atoms with Crippen molar-refractivity contribution in [2.24, 2.45) is 5.92 Å². The maximum atomic E-state index is 13.0. The molecular formula is C23H30ClN3O4. The maximum Gasteiger partial charge on any atom is 0.292 e. The molecule has 0 fully saturated rings. The van der Waals surface area contributed by atoms with E-state index in [4.69, 9.17) is 20.9 Å². The Labute approximate surface area is 188 Å². The van der Waals surface area contributed by atoms with Gasteiger partial charge in [-0.15, -0.1) is 0 Å². The summed E-state index contributed by atoms with van der Waals surface area (Å²) >= 11 is 6.10. The average molecular weight is 448 g/mol. The monoisotopic (exact) mass is 447 g/mol. The third-order valence-electron chi connectivity index (χ3n) is 5.19. The van der Waals surface area contributed by atoms with Crippen molar-refractivity contribution in [2.75, 3.05) is 33.3 Å². The summed E-state index contributed by atoms with van der Waals surface area (Å²) < 4.78 is 11.2. The van der Waals surface area contributed by atoms with Gasteiger partial charge in [0.1, 0.15) is 5.75 Å². The standard InChI is InChI=1S/C23H30ClN3O4/c1-16(2)13-18-15-21(31-25-18)23(29)27-10-5-4-9-26(3)22(28)19-14-17(24)7-8-20(19)30-12-6-11-27/h7-8,14-16H,4-6,9-13H2,1-3H3. The predicted molar refractivity (Wildman–Crippen MR) is 119 cm³/mol. The quantitative estimate of drug-likeness (QED) is 0.701.